The lowest BCUT2D eigenvalue weighted by atomic mass is 10.3. The summed E-state index contributed by atoms with van der Waals surface area (Å²) < 4.78 is 2.62. The van der Waals surface area contributed by atoms with Gasteiger partial charge in [0.05, 0.1) is 12.3 Å². The number of thiazole rings is 1. The lowest BCUT2D eigenvalue weighted by Gasteiger charge is -2.13. The van der Waals surface area contributed by atoms with E-state index in [0.717, 1.165) is 10.0 Å². The predicted octanol–water partition coefficient (Wildman–Crippen LogP) is 1.34. The van der Waals surface area contributed by atoms with Gasteiger partial charge in [-0.2, -0.15) is 5.10 Å². The Kier molecular flexibility index (Phi) is 4.92. The van der Waals surface area contributed by atoms with Gasteiger partial charge in [0.1, 0.15) is 12.7 Å². The molecule has 2 aromatic rings. The van der Waals surface area contributed by atoms with Crippen LogP contribution >= 0.6 is 23.1 Å². The molecule has 0 fully saturated rings. The molecule has 0 bridgehead atoms. The van der Waals surface area contributed by atoms with Crippen LogP contribution < -0.4 is 5.32 Å². The second-order valence-electron chi connectivity index (χ2n) is 4.13. The van der Waals surface area contributed by atoms with Crippen LogP contribution in [0.25, 0.3) is 0 Å². The van der Waals surface area contributed by atoms with E-state index in [9.17, 15) is 4.79 Å². The highest BCUT2D eigenvalue weighted by atomic mass is 32.2. The summed E-state index contributed by atoms with van der Waals surface area (Å²) in [4.78, 5) is 19.9. The smallest absolute Gasteiger partial charge is 0.230 e. The van der Waals surface area contributed by atoms with Gasteiger partial charge in [-0.1, -0.05) is 11.8 Å². The zero-order valence-electron chi connectivity index (χ0n) is 10.7. The van der Waals surface area contributed by atoms with Crippen LogP contribution in [0.5, 0.6) is 0 Å². The average Bonchev–Trinajstić information content (AvgIpc) is 2.98. The number of aromatic nitrogens is 4. The van der Waals surface area contributed by atoms with Crippen molar-refractivity contribution < 1.29 is 4.79 Å². The Morgan fingerprint density at radius 3 is 3.11 bits per heavy atom. The molecule has 0 spiro atoms. The minimum Gasteiger partial charge on any atom is -0.351 e. The summed E-state index contributed by atoms with van der Waals surface area (Å²) in [7, 11) is 0. The number of nitrogens with zero attached hydrogens (tertiary/aromatic N) is 4. The highest BCUT2D eigenvalue weighted by Gasteiger charge is 2.10. The standard InChI is InChI=1S/C11H15N5OS2/c1-8(3-16-7-12-6-13-16)14-10(17)5-19-11-15-9(2)4-18-11/h4,6-8H,3,5H2,1-2H3,(H,14,17)/t8-/m0/s1. The third-order valence-electron chi connectivity index (χ3n) is 2.26. The molecule has 0 saturated carbocycles. The van der Waals surface area contributed by atoms with Gasteiger partial charge in [0.25, 0.3) is 0 Å². The van der Waals surface area contributed by atoms with Gasteiger partial charge in [-0.25, -0.2) is 9.97 Å². The quantitative estimate of drug-likeness (QED) is 0.815. The second kappa shape index (κ2) is 6.67. The average molecular weight is 297 g/mol. The number of carbonyl (C=O) groups excluding carboxylic acids is 1. The van der Waals surface area contributed by atoms with Gasteiger partial charge < -0.3 is 5.32 Å². The summed E-state index contributed by atoms with van der Waals surface area (Å²) in [5.41, 5.74) is 0.993. The highest BCUT2D eigenvalue weighted by molar-refractivity contribution is 8.01. The molecule has 2 rings (SSSR count). The van der Waals surface area contributed by atoms with Crippen molar-refractivity contribution in [1.29, 1.82) is 0 Å². The Morgan fingerprint density at radius 1 is 1.63 bits per heavy atom. The van der Waals surface area contributed by atoms with Gasteiger partial charge in [-0.3, -0.25) is 9.48 Å². The first-order chi connectivity index (χ1) is 9.13. The SMILES string of the molecule is Cc1csc(SCC(=O)N[C@@H](C)Cn2cncn2)n1. The zero-order valence-corrected chi connectivity index (χ0v) is 12.4. The predicted molar refractivity (Wildman–Crippen MR) is 75.2 cm³/mol. The lowest BCUT2D eigenvalue weighted by Crippen LogP contribution is -2.36. The van der Waals surface area contributed by atoms with Crippen molar-refractivity contribution in [2.45, 2.75) is 30.8 Å². The van der Waals surface area contributed by atoms with Crippen LogP contribution in [0.2, 0.25) is 0 Å². The van der Waals surface area contributed by atoms with Gasteiger partial charge in [-0.05, 0) is 13.8 Å². The number of rotatable bonds is 6. The molecule has 102 valence electrons. The largest absolute Gasteiger partial charge is 0.351 e. The zero-order chi connectivity index (χ0) is 13.7. The fourth-order valence-electron chi connectivity index (χ4n) is 1.50. The van der Waals surface area contributed by atoms with Gasteiger partial charge in [0.15, 0.2) is 4.34 Å². The third-order valence-corrected chi connectivity index (χ3v) is 4.40. The number of hydrogen-bond donors (Lipinski definition) is 1. The summed E-state index contributed by atoms with van der Waals surface area (Å²) in [6, 6.07) is 0.0211. The summed E-state index contributed by atoms with van der Waals surface area (Å²) in [6.45, 7) is 4.51. The molecule has 0 aliphatic carbocycles. The molecule has 0 aliphatic rings. The van der Waals surface area contributed by atoms with Crippen molar-refractivity contribution in [1.82, 2.24) is 25.1 Å². The first-order valence-corrected chi connectivity index (χ1v) is 7.66. The molecular formula is C11H15N5OS2. The van der Waals surface area contributed by atoms with Gasteiger partial charge in [0, 0.05) is 17.1 Å². The molecule has 0 aromatic carbocycles. The monoisotopic (exact) mass is 297 g/mol. The van der Waals surface area contributed by atoms with Gasteiger partial charge in [-0.15, -0.1) is 11.3 Å². The van der Waals surface area contributed by atoms with Crippen LogP contribution in [0.3, 0.4) is 0 Å². The number of nitrogens with one attached hydrogen (secondary N) is 1. The maximum Gasteiger partial charge on any atom is 0.230 e. The molecule has 0 radical (unpaired) electrons. The Morgan fingerprint density at radius 2 is 2.47 bits per heavy atom. The molecule has 2 heterocycles. The number of thioether (sulfide) groups is 1. The van der Waals surface area contributed by atoms with Crippen molar-refractivity contribution in [2.24, 2.45) is 0 Å². The summed E-state index contributed by atoms with van der Waals surface area (Å²) >= 11 is 3.02. The first kappa shape index (κ1) is 14.0. The molecule has 8 heteroatoms. The molecule has 0 aliphatic heterocycles. The summed E-state index contributed by atoms with van der Waals surface area (Å²) in [5, 5.41) is 8.90. The fourth-order valence-corrected chi connectivity index (χ4v) is 3.16. The maximum absolute atomic E-state index is 11.8. The van der Waals surface area contributed by atoms with E-state index in [2.05, 4.69) is 20.4 Å². The molecule has 1 amide bonds. The molecule has 1 atom stereocenters. The minimum atomic E-state index is 0.00506. The second-order valence-corrected chi connectivity index (χ2v) is 6.21. The normalized spacial score (nSPS) is 12.3. The third kappa shape index (κ3) is 4.64. The van der Waals surface area contributed by atoms with Crippen molar-refractivity contribution in [2.75, 3.05) is 5.75 Å². The van der Waals surface area contributed by atoms with E-state index in [1.54, 1.807) is 22.3 Å². The molecule has 0 saturated heterocycles. The molecule has 0 unspecified atom stereocenters. The Hall–Kier alpha value is -1.41. The first-order valence-electron chi connectivity index (χ1n) is 5.80. The number of hydrogen-bond acceptors (Lipinski definition) is 6. The van der Waals surface area contributed by atoms with Crippen molar-refractivity contribution in [3.63, 3.8) is 0 Å². The lowest BCUT2D eigenvalue weighted by molar-refractivity contribution is -0.119. The van der Waals surface area contributed by atoms with E-state index in [1.807, 2.05) is 19.2 Å². The Balaban J connectivity index is 1.71. The van der Waals surface area contributed by atoms with Crippen LogP contribution in [0.1, 0.15) is 12.6 Å². The van der Waals surface area contributed by atoms with Crippen LogP contribution in [-0.2, 0) is 11.3 Å². The Labute approximate surface area is 119 Å². The van der Waals surface area contributed by atoms with Crippen molar-refractivity contribution >= 4 is 29.0 Å². The minimum absolute atomic E-state index is 0.00506. The topological polar surface area (TPSA) is 72.7 Å². The number of aryl methyl sites for hydroxylation is 1. The van der Waals surface area contributed by atoms with Crippen molar-refractivity contribution in [3.8, 4) is 0 Å². The summed E-state index contributed by atoms with van der Waals surface area (Å²) in [5.74, 6) is 0.389. The molecule has 2 aromatic heterocycles. The van der Waals surface area contributed by atoms with Crippen LogP contribution in [0.4, 0.5) is 0 Å². The molecular weight excluding hydrogens is 282 g/mol. The summed E-state index contributed by atoms with van der Waals surface area (Å²) in [6.07, 6.45) is 3.12. The molecule has 19 heavy (non-hydrogen) atoms. The molecule has 6 nitrogen and oxygen atoms in total. The fraction of sp³-hybridized carbons (Fsp3) is 0.455. The number of amides is 1. The van der Waals surface area contributed by atoms with Crippen LogP contribution in [0.15, 0.2) is 22.4 Å². The van der Waals surface area contributed by atoms with E-state index in [0.29, 0.717) is 12.3 Å². The van der Waals surface area contributed by atoms with E-state index in [1.165, 1.54) is 18.1 Å². The van der Waals surface area contributed by atoms with E-state index >= 15 is 0 Å². The number of carbonyl (C=O) groups is 1. The van der Waals surface area contributed by atoms with Crippen molar-refractivity contribution in [3.05, 3.63) is 23.7 Å². The van der Waals surface area contributed by atoms with Crippen LogP contribution in [0, 0.1) is 6.92 Å². The van der Waals surface area contributed by atoms with E-state index in [4.69, 9.17) is 0 Å². The van der Waals surface area contributed by atoms with Gasteiger partial charge >= 0.3 is 0 Å². The Bertz CT molecular complexity index is 525. The maximum atomic E-state index is 11.8. The highest BCUT2D eigenvalue weighted by Crippen LogP contribution is 2.21. The van der Waals surface area contributed by atoms with E-state index < -0.39 is 0 Å². The van der Waals surface area contributed by atoms with Gasteiger partial charge in [0.2, 0.25) is 5.91 Å². The van der Waals surface area contributed by atoms with Crippen LogP contribution in [-0.4, -0.2) is 37.5 Å². The molecule has 1 N–H and O–H groups in total. The van der Waals surface area contributed by atoms with E-state index in [-0.39, 0.29) is 11.9 Å².